The molecule has 14 heteroatoms. The van der Waals surface area contributed by atoms with Crippen molar-refractivity contribution in [1.29, 1.82) is 0 Å². The molecule has 0 aliphatic carbocycles. The van der Waals surface area contributed by atoms with Crippen molar-refractivity contribution in [1.82, 2.24) is 0 Å². The quantitative estimate of drug-likeness (QED) is 0.0445. The van der Waals surface area contributed by atoms with Gasteiger partial charge < -0.3 is 34.6 Å². The van der Waals surface area contributed by atoms with Gasteiger partial charge in [0.2, 0.25) is 0 Å². The van der Waals surface area contributed by atoms with E-state index in [1.165, 1.54) is 90.1 Å². The first-order valence-corrected chi connectivity index (χ1v) is 19.5. The number of carbonyl (C=O) groups is 7. The summed E-state index contributed by atoms with van der Waals surface area (Å²) in [6.07, 6.45) is 0. The Bertz CT molecular complexity index is 2410. The molecule has 0 saturated heterocycles. The molecule has 14 nitrogen and oxygen atoms in total. The molecule has 0 atom stereocenters. The second kappa shape index (κ2) is 20.6. The highest BCUT2D eigenvalue weighted by Crippen LogP contribution is 2.20. The number of esters is 3. The van der Waals surface area contributed by atoms with Gasteiger partial charge in [-0.3, -0.25) is 14.4 Å². The zero-order chi connectivity index (χ0) is 46.7. The molecule has 0 fully saturated rings. The van der Waals surface area contributed by atoms with Crippen LogP contribution in [0.1, 0.15) is 131 Å². The number of benzene rings is 5. The number of ketones is 3. The number of hydrogen-bond donors (Lipinski definition) is 4. The van der Waals surface area contributed by atoms with Crippen molar-refractivity contribution in [2.75, 3.05) is 0 Å². The lowest BCUT2D eigenvalue weighted by Gasteiger charge is -2.16. The number of aliphatic hydroxyl groups is 3. The molecular formula is C49H48O14. The molecule has 5 aromatic rings. The zero-order valence-electron chi connectivity index (χ0n) is 35.5. The fourth-order valence-electron chi connectivity index (χ4n) is 5.83. The lowest BCUT2D eigenvalue weighted by Crippen LogP contribution is -2.31. The average Bonchev–Trinajstić information content (AvgIpc) is 3.25. The Hall–Kier alpha value is -7.13. The summed E-state index contributed by atoms with van der Waals surface area (Å²) in [4.78, 5) is 85.6. The second-order valence-electron chi connectivity index (χ2n) is 15.9. The first-order chi connectivity index (χ1) is 29.5. The number of hydrogen-bond acceptors (Lipinski definition) is 13. The molecule has 0 aromatic heterocycles. The molecule has 0 saturated carbocycles. The van der Waals surface area contributed by atoms with E-state index in [1.807, 2.05) is 0 Å². The Morgan fingerprint density at radius 1 is 0.397 bits per heavy atom. The van der Waals surface area contributed by atoms with Gasteiger partial charge in [-0.25, -0.2) is 19.2 Å². The Kier molecular flexibility index (Phi) is 15.9. The summed E-state index contributed by atoms with van der Waals surface area (Å²) in [5, 5.41) is 38.8. The monoisotopic (exact) mass is 860 g/mol. The van der Waals surface area contributed by atoms with E-state index in [0.29, 0.717) is 22.3 Å². The van der Waals surface area contributed by atoms with Crippen molar-refractivity contribution < 1.29 is 68.2 Å². The molecule has 0 radical (unpaired) electrons. The van der Waals surface area contributed by atoms with Crippen molar-refractivity contribution in [3.8, 4) is 0 Å². The third kappa shape index (κ3) is 13.7. The Balaban J connectivity index is 0.000000302. The number of rotatable bonds is 16. The largest absolute Gasteiger partial charge is 0.478 e. The van der Waals surface area contributed by atoms with Gasteiger partial charge in [-0.05, 0) is 101 Å². The van der Waals surface area contributed by atoms with Gasteiger partial charge in [-0.15, -0.1) is 0 Å². The highest BCUT2D eigenvalue weighted by molar-refractivity contribution is 6.05. The number of Topliss-reactive ketones (excluding diaryl/α,β-unsaturated/α-hetero) is 3. The van der Waals surface area contributed by atoms with Crippen molar-refractivity contribution in [2.24, 2.45) is 0 Å². The molecule has 0 aliphatic rings. The van der Waals surface area contributed by atoms with Crippen LogP contribution in [0.25, 0.3) is 0 Å². The number of carboxylic acids is 1. The predicted molar refractivity (Wildman–Crippen MR) is 228 cm³/mol. The summed E-state index contributed by atoms with van der Waals surface area (Å²) in [5.74, 6) is -4.87. The van der Waals surface area contributed by atoms with Crippen LogP contribution in [0.2, 0.25) is 0 Å². The Morgan fingerprint density at radius 2 is 0.651 bits per heavy atom. The number of ether oxygens (including phenoxy) is 3. The second-order valence-corrected chi connectivity index (χ2v) is 15.9. The van der Waals surface area contributed by atoms with E-state index < -0.39 is 58.0 Å². The number of aromatic carboxylic acids is 1. The maximum atomic E-state index is 12.8. The van der Waals surface area contributed by atoms with E-state index in [-0.39, 0.29) is 53.2 Å². The summed E-state index contributed by atoms with van der Waals surface area (Å²) in [7, 11) is 0. The standard InChI is InChI=1S/C30H30O8.C19H18O6/c1-29(2,35)25(31)21-11-7-9-19(15-21)17-37-27(33)23-13-5-6-14-24(23)28(34)38-18-20-10-8-12-22(16-20)26(32)30(3,4)36;1-19(2,24)16(20)13-7-5-6-12(10-13)11-25-18(23)15-9-4-3-8-14(15)17(21)22/h5-16,35-36H,17-18H2,1-4H3;3-10,24H,11H2,1-2H3,(H,21,22). The smallest absolute Gasteiger partial charge is 0.339 e. The van der Waals surface area contributed by atoms with Crippen molar-refractivity contribution in [3.63, 3.8) is 0 Å². The minimum Gasteiger partial charge on any atom is -0.478 e. The van der Waals surface area contributed by atoms with Crippen LogP contribution in [0, 0.1) is 0 Å². The van der Waals surface area contributed by atoms with Crippen molar-refractivity contribution >= 4 is 41.2 Å². The first-order valence-electron chi connectivity index (χ1n) is 19.5. The minimum atomic E-state index is -1.54. The van der Waals surface area contributed by atoms with Crippen LogP contribution >= 0.6 is 0 Å². The SMILES string of the molecule is CC(C)(O)C(=O)c1cccc(COC(=O)c2ccccc2C(=O)O)c1.CC(C)(O)C(=O)c1cccc(COC(=O)c2ccccc2C(=O)OCc2cccc(C(=O)C(C)(C)O)c2)c1. The van der Waals surface area contributed by atoms with Crippen LogP contribution in [-0.2, 0) is 34.0 Å². The van der Waals surface area contributed by atoms with Gasteiger partial charge in [0.05, 0.1) is 22.3 Å². The number of carboxylic acid groups (broad SMARTS) is 1. The fourth-order valence-corrected chi connectivity index (χ4v) is 5.83. The van der Waals surface area contributed by atoms with Crippen LogP contribution in [0.15, 0.2) is 121 Å². The highest BCUT2D eigenvalue weighted by atomic mass is 16.5. The van der Waals surface area contributed by atoms with Crippen LogP contribution in [0.4, 0.5) is 0 Å². The Labute approximate surface area is 363 Å². The molecule has 0 heterocycles. The molecule has 63 heavy (non-hydrogen) atoms. The lowest BCUT2D eigenvalue weighted by atomic mass is 9.96. The summed E-state index contributed by atoms with van der Waals surface area (Å²) in [5.41, 5.74) is -2.27. The van der Waals surface area contributed by atoms with Gasteiger partial charge in [0, 0.05) is 16.7 Å². The number of carbonyl (C=O) groups excluding carboxylic acids is 6. The molecule has 0 bridgehead atoms. The molecule has 0 unspecified atom stereocenters. The van der Waals surface area contributed by atoms with E-state index in [9.17, 15) is 48.9 Å². The zero-order valence-corrected chi connectivity index (χ0v) is 35.5. The van der Waals surface area contributed by atoms with Crippen LogP contribution in [-0.4, -0.2) is 78.5 Å². The molecular weight excluding hydrogens is 813 g/mol. The van der Waals surface area contributed by atoms with E-state index in [0.717, 1.165) is 0 Å². The lowest BCUT2D eigenvalue weighted by molar-refractivity contribution is 0.0424. The maximum Gasteiger partial charge on any atom is 0.339 e. The van der Waals surface area contributed by atoms with Gasteiger partial charge in [0.25, 0.3) is 0 Å². The molecule has 5 aromatic carbocycles. The summed E-state index contributed by atoms with van der Waals surface area (Å²) in [6.45, 7) is 7.92. The van der Waals surface area contributed by atoms with Crippen LogP contribution in [0.5, 0.6) is 0 Å². The highest BCUT2D eigenvalue weighted by Gasteiger charge is 2.28. The van der Waals surface area contributed by atoms with E-state index in [4.69, 9.17) is 19.3 Å². The van der Waals surface area contributed by atoms with Gasteiger partial charge in [-0.1, -0.05) is 78.9 Å². The molecule has 0 aliphatic heterocycles. The normalized spacial score (nSPS) is 11.3. The first kappa shape index (κ1) is 48.5. The van der Waals surface area contributed by atoms with Crippen molar-refractivity contribution in [2.45, 2.75) is 78.2 Å². The van der Waals surface area contributed by atoms with Crippen LogP contribution < -0.4 is 0 Å². The van der Waals surface area contributed by atoms with E-state index >= 15 is 0 Å². The molecule has 328 valence electrons. The fraction of sp³-hybridized carbons (Fsp3) is 0.245. The Morgan fingerprint density at radius 3 is 0.905 bits per heavy atom. The summed E-state index contributed by atoms with van der Waals surface area (Å²) in [6, 6.07) is 31.0. The topological polar surface area (TPSA) is 228 Å². The molecule has 4 N–H and O–H groups in total. The molecule has 5 rings (SSSR count). The third-order valence-electron chi connectivity index (χ3n) is 9.09. The van der Waals surface area contributed by atoms with Crippen molar-refractivity contribution in [3.05, 3.63) is 177 Å². The summed E-state index contributed by atoms with van der Waals surface area (Å²) >= 11 is 0. The van der Waals surface area contributed by atoms with Crippen LogP contribution in [0.3, 0.4) is 0 Å². The third-order valence-corrected chi connectivity index (χ3v) is 9.09. The summed E-state index contributed by atoms with van der Waals surface area (Å²) < 4.78 is 15.9. The molecule has 0 spiro atoms. The average molecular weight is 861 g/mol. The van der Waals surface area contributed by atoms with Gasteiger partial charge >= 0.3 is 23.9 Å². The predicted octanol–water partition coefficient (Wildman–Crippen LogP) is 7.00. The minimum absolute atomic E-state index is 0.00665. The van der Waals surface area contributed by atoms with E-state index in [1.54, 1.807) is 72.8 Å². The van der Waals surface area contributed by atoms with Gasteiger partial charge in [0.15, 0.2) is 17.3 Å². The molecule has 0 amide bonds. The maximum absolute atomic E-state index is 12.8. The van der Waals surface area contributed by atoms with Gasteiger partial charge in [0.1, 0.15) is 36.6 Å². The van der Waals surface area contributed by atoms with E-state index in [2.05, 4.69) is 0 Å². The van der Waals surface area contributed by atoms with Gasteiger partial charge in [-0.2, -0.15) is 0 Å².